The predicted octanol–water partition coefficient (Wildman–Crippen LogP) is 5.10. The van der Waals surface area contributed by atoms with Crippen LogP contribution < -0.4 is 10.1 Å². The van der Waals surface area contributed by atoms with Crippen molar-refractivity contribution >= 4 is 34.8 Å². The van der Waals surface area contributed by atoms with Gasteiger partial charge in [0.2, 0.25) is 0 Å². The molecule has 0 spiro atoms. The van der Waals surface area contributed by atoms with E-state index in [9.17, 15) is 4.79 Å². The van der Waals surface area contributed by atoms with Crippen LogP contribution in [0.3, 0.4) is 0 Å². The lowest BCUT2D eigenvalue weighted by Crippen LogP contribution is -2.32. The van der Waals surface area contributed by atoms with Gasteiger partial charge < -0.3 is 10.1 Å². The maximum absolute atomic E-state index is 12.3. The van der Waals surface area contributed by atoms with Gasteiger partial charge in [0.1, 0.15) is 5.75 Å². The molecule has 116 valence electrons. The molecule has 0 radical (unpaired) electrons. The molecule has 0 unspecified atom stereocenters. The topological polar surface area (TPSA) is 38.3 Å². The van der Waals surface area contributed by atoms with Crippen LogP contribution in [0.25, 0.3) is 0 Å². The van der Waals surface area contributed by atoms with Crippen molar-refractivity contribution in [2.75, 3.05) is 5.32 Å². The van der Waals surface area contributed by atoms with Gasteiger partial charge in [0.25, 0.3) is 5.91 Å². The number of rotatable bonds is 5. The van der Waals surface area contributed by atoms with E-state index in [0.29, 0.717) is 27.9 Å². The lowest BCUT2D eigenvalue weighted by atomic mass is 10.2. The van der Waals surface area contributed by atoms with Gasteiger partial charge in [0, 0.05) is 0 Å². The summed E-state index contributed by atoms with van der Waals surface area (Å²) in [6.07, 6.45) is -0.0597. The Morgan fingerprint density at radius 3 is 2.50 bits per heavy atom. The Hall–Kier alpha value is -1.71. The third-order valence-electron chi connectivity index (χ3n) is 3.17. The van der Waals surface area contributed by atoms with E-state index in [1.807, 2.05) is 38.1 Å². The van der Waals surface area contributed by atoms with Crippen molar-refractivity contribution in [1.29, 1.82) is 0 Å². The van der Waals surface area contributed by atoms with Crippen molar-refractivity contribution in [2.45, 2.75) is 26.4 Å². The summed E-state index contributed by atoms with van der Waals surface area (Å²) in [5.41, 5.74) is 1.61. The van der Waals surface area contributed by atoms with Gasteiger partial charge in [-0.2, -0.15) is 0 Å². The van der Waals surface area contributed by atoms with E-state index in [1.165, 1.54) is 0 Å². The lowest BCUT2D eigenvalue weighted by Gasteiger charge is -2.18. The minimum atomic E-state index is -0.599. The number of nitrogens with one attached hydrogen (secondary N) is 1. The second kappa shape index (κ2) is 7.52. The van der Waals surface area contributed by atoms with E-state index in [1.54, 1.807) is 18.2 Å². The number of hydrogen-bond acceptors (Lipinski definition) is 2. The molecule has 2 aromatic carbocycles. The van der Waals surface area contributed by atoms with Gasteiger partial charge in [0.15, 0.2) is 6.10 Å². The van der Waals surface area contributed by atoms with Gasteiger partial charge in [-0.3, -0.25) is 4.79 Å². The van der Waals surface area contributed by atoms with Crippen molar-refractivity contribution in [3.05, 3.63) is 58.1 Å². The number of amides is 1. The maximum Gasteiger partial charge on any atom is 0.265 e. The van der Waals surface area contributed by atoms with Crippen LogP contribution in [0.15, 0.2) is 42.5 Å². The molecular weight excluding hydrogens is 321 g/mol. The summed E-state index contributed by atoms with van der Waals surface area (Å²) in [4.78, 5) is 12.3. The van der Waals surface area contributed by atoms with Gasteiger partial charge >= 0.3 is 0 Å². The van der Waals surface area contributed by atoms with Crippen molar-refractivity contribution in [3.63, 3.8) is 0 Å². The minimum Gasteiger partial charge on any atom is -0.481 e. The fourth-order valence-corrected chi connectivity index (χ4v) is 2.26. The quantitative estimate of drug-likeness (QED) is 0.824. The number of benzene rings is 2. The predicted molar refractivity (Wildman–Crippen MR) is 91.0 cm³/mol. The van der Waals surface area contributed by atoms with E-state index >= 15 is 0 Å². The van der Waals surface area contributed by atoms with Crippen LogP contribution in [0.2, 0.25) is 10.0 Å². The average molecular weight is 338 g/mol. The van der Waals surface area contributed by atoms with Crippen molar-refractivity contribution in [1.82, 2.24) is 0 Å². The van der Waals surface area contributed by atoms with Crippen molar-refractivity contribution < 1.29 is 9.53 Å². The van der Waals surface area contributed by atoms with Gasteiger partial charge in [-0.1, -0.05) is 53.9 Å². The summed E-state index contributed by atoms with van der Waals surface area (Å²) in [6, 6.07) is 12.7. The molecule has 3 nitrogen and oxygen atoms in total. The number of carbonyl (C=O) groups excluding carboxylic acids is 1. The highest BCUT2D eigenvalue weighted by molar-refractivity contribution is 6.44. The molecule has 0 aliphatic carbocycles. The summed E-state index contributed by atoms with van der Waals surface area (Å²) in [5, 5.41) is 3.47. The fraction of sp³-hybridized carbons (Fsp3) is 0.235. The maximum atomic E-state index is 12.3. The zero-order chi connectivity index (χ0) is 16.1. The normalized spacial score (nSPS) is 11.8. The number of halogens is 2. The Labute approximate surface area is 140 Å². The molecule has 0 aromatic heterocycles. The molecule has 0 heterocycles. The standard InChI is InChI=1S/C17H17Cl2NO2/c1-3-15(22-12-9-7-11(2)8-10-12)17(21)20-14-6-4-5-13(18)16(14)19/h4-10,15H,3H2,1-2H3,(H,20,21)/t15-/m0/s1. The van der Waals surface area contributed by atoms with Crippen LogP contribution in [0.4, 0.5) is 5.69 Å². The molecule has 1 N–H and O–H groups in total. The highest BCUT2D eigenvalue weighted by atomic mass is 35.5. The summed E-state index contributed by atoms with van der Waals surface area (Å²) < 4.78 is 5.73. The molecule has 0 aliphatic rings. The van der Waals surface area contributed by atoms with E-state index < -0.39 is 6.10 Å². The molecule has 0 fully saturated rings. The first-order chi connectivity index (χ1) is 10.5. The van der Waals surface area contributed by atoms with Gasteiger partial charge in [-0.15, -0.1) is 0 Å². The minimum absolute atomic E-state index is 0.257. The molecule has 0 saturated carbocycles. The van der Waals surface area contributed by atoms with Crippen LogP contribution >= 0.6 is 23.2 Å². The van der Waals surface area contributed by atoms with E-state index in [0.717, 1.165) is 5.56 Å². The monoisotopic (exact) mass is 337 g/mol. The van der Waals surface area contributed by atoms with E-state index in [-0.39, 0.29) is 5.91 Å². The van der Waals surface area contributed by atoms with E-state index in [4.69, 9.17) is 27.9 Å². The first kappa shape index (κ1) is 16.7. The fourth-order valence-electron chi connectivity index (χ4n) is 1.92. The smallest absolute Gasteiger partial charge is 0.265 e. The number of ether oxygens (including phenoxy) is 1. The number of aryl methyl sites for hydroxylation is 1. The molecule has 22 heavy (non-hydrogen) atoms. The molecular formula is C17H17Cl2NO2. The van der Waals surface area contributed by atoms with Gasteiger partial charge in [0.05, 0.1) is 15.7 Å². The van der Waals surface area contributed by atoms with Crippen molar-refractivity contribution in [2.24, 2.45) is 0 Å². The zero-order valence-electron chi connectivity index (χ0n) is 12.4. The van der Waals surface area contributed by atoms with Gasteiger partial charge in [-0.05, 0) is 37.6 Å². The molecule has 1 amide bonds. The average Bonchev–Trinajstić information content (AvgIpc) is 2.51. The molecule has 2 rings (SSSR count). The third kappa shape index (κ3) is 4.15. The van der Waals surface area contributed by atoms with Gasteiger partial charge in [-0.25, -0.2) is 0 Å². The Morgan fingerprint density at radius 1 is 1.18 bits per heavy atom. The Balaban J connectivity index is 2.08. The number of hydrogen-bond donors (Lipinski definition) is 1. The Bertz CT molecular complexity index is 656. The first-order valence-corrected chi connectivity index (χ1v) is 7.75. The van der Waals surface area contributed by atoms with Crippen LogP contribution in [0.1, 0.15) is 18.9 Å². The highest BCUT2D eigenvalue weighted by Crippen LogP contribution is 2.29. The molecule has 0 bridgehead atoms. The van der Waals surface area contributed by atoms with Crippen LogP contribution in [0, 0.1) is 6.92 Å². The van der Waals surface area contributed by atoms with Crippen LogP contribution in [0.5, 0.6) is 5.75 Å². The molecule has 1 atom stereocenters. The number of anilines is 1. The summed E-state index contributed by atoms with van der Waals surface area (Å²) in [5.74, 6) is 0.400. The molecule has 0 aliphatic heterocycles. The SMILES string of the molecule is CC[C@H](Oc1ccc(C)cc1)C(=O)Nc1cccc(Cl)c1Cl. The summed E-state index contributed by atoms with van der Waals surface area (Å²) in [6.45, 7) is 3.88. The van der Waals surface area contributed by atoms with Crippen molar-refractivity contribution in [3.8, 4) is 5.75 Å². The third-order valence-corrected chi connectivity index (χ3v) is 3.99. The van der Waals surface area contributed by atoms with E-state index in [2.05, 4.69) is 5.32 Å². The molecule has 2 aromatic rings. The van der Waals surface area contributed by atoms with Crippen LogP contribution in [-0.4, -0.2) is 12.0 Å². The number of carbonyl (C=O) groups is 1. The highest BCUT2D eigenvalue weighted by Gasteiger charge is 2.19. The Morgan fingerprint density at radius 2 is 1.86 bits per heavy atom. The second-order valence-electron chi connectivity index (χ2n) is 4.92. The molecule has 0 saturated heterocycles. The summed E-state index contributed by atoms with van der Waals surface area (Å²) in [7, 11) is 0. The Kier molecular flexibility index (Phi) is 5.69. The first-order valence-electron chi connectivity index (χ1n) is 6.99. The molecule has 5 heteroatoms. The summed E-state index contributed by atoms with van der Waals surface area (Å²) >= 11 is 12.0. The van der Waals surface area contributed by atoms with Crippen LogP contribution in [-0.2, 0) is 4.79 Å². The largest absolute Gasteiger partial charge is 0.481 e. The lowest BCUT2D eigenvalue weighted by molar-refractivity contribution is -0.122. The second-order valence-corrected chi connectivity index (χ2v) is 5.70. The zero-order valence-corrected chi connectivity index (χ0v) is 13.9.